The van der Waals surface area contributed by atoms with E-state index in [0.29, 0.717) is 22.4 Å². The second kappa shape index (κ2) is 9.04. The van der Waals surface area contributed by atoms with Crippen LogP contribution in [0.15, 0.2) is 53.3 Å². The molecule has 0 N–H and O–H groups in total. The third kappa shape index (κ3) is 4.54. The Morgan fingerprint density at radius 3 is 2.50 bits per heavy atom. The number of hydrogen-bond donors (Lipinski definition) is 0. The van der Waals surface area contributed by atoms with E-state index >= 15 is 0 Å². The first kappa shape index (κ1) is 20.8. The van der Waals surface area contributed by atoms with Gasteiger partial charge in [0.05, 0.1) is 25.3 Å². The Labute approximate surface area is 172 Å². The summed E-state index contributed by atoms with van der Waals surface area (Å²) in [5, 5.41) is 5.43. The molecule has 0 radical (unpaired) electrons. The summed E-state index contributed by atoms with van der Waals surface area (Å²) in [5.74, 6) is -0.683. The predicted octanol–water partition coefficient (Wildman–Crippen LogP) is 2.51. The molecule has 8 nitrogen and oxygen atoms in total. The van der Waals surface area contributed by atoms with Crippen LogP contribution < -0.4 is 15.0 Å². The maximum atomic E-state index is 12.6. The fourth-order valence-corrected chi connectivity index (χ4v) is 2.89. The van der Waals surface area contributed by atoms with Crippen molar-refractivity contribution in [3.8, 4) is 11.5 Å². The Bertz CT molecular complexity index is 1200. The molecule has 1 heterocycles. The van der Waals surface area contributed by atoms with Gasteiger partial charge in [0, 0.05) is 11.5 Å². The standard InChI is InChI=1S/C22H20N2O6/c1-14-16-6-4-5-7-17(16)22(27)24(23-14)13-21(26)30-18-10-8-15(12-19(18)28-2)9-11-20(25)29-3/h4-12H,13H2,1-3H3/b11-9+. The van der Waals surface area contributed by atoms with Crippen molar-refractivity contribution in [3.05, 3.63) is 70.2 Å². The van der Waals surface area contributed by atoms with E-state index in [4.69, 9.17) is 9.47 Å². The van der Waals surface area contributed by atoms with Gasteiger partial charge in [-0.3, -0.25) is 4.79 Å². The van der Waals surface area contributed by atoms with E-state index in [-0.39, 0.29) is 17.9 Å². The SMILES string of the molecule is COC(=O)/C=C/c1ccc(OC(=O)Cn2nc(C)c3ccccc3c2=O)c(OC)c1. The average Bonchev–Trinajstić information content (AvgIpc) is 2.76. The smallest absolute Gasteiger partial charge is 0.333 e. The molecule has 0 aliphatic carbocycles. The van der Waals surface area contributed by atoms with Gasteiger partial charge in [0.25, 0.3) is 5.56 Å². The van der Waals surface area contributed by atoms with Crippen LogP contribution in [0.2, 0.25) is 0 Å². The van der Waals surface area contributed by atoms with Crippen molar-refractivity contribution in [1.82, 2.24) is 9.78 Å². The molecule has 1 aromatic heterocycles. The number of benzene rings is 2. The number of esters is 2. The van der Waals surface area contributed by atoms with Crippen LogP contribution >= 0.6 is 0 Å². The number of aromatic nitrogens is 2. The summed E-state index contributed by atoms with van der Waals surface area (Å²) in [6.45, 7) is 1.42. The van der Waals surface area contributed by atoms with Crippen LogP contribution in [-0.2, 0) is 20.9 Å². The third-order valence-corrected chi connectivity index (χ3v) is 4.36. The quantitative estimate of drug-likeness (QED) is 0.351. The summed E-state index contributed by atoms with van der Waals surface area (Å²) in [4.78, 5) is 36.3. The van der Waals surface area contributed by atoms with Gasteiger partial charge in [-0.15, -0.1) is 0 Å². The lowest BCUT2D eigenvalue weighted by Gasteiger charge is -2.11. The first-order chi connectivity index (χ1) is 14.4. The fourth-order valence-electron chi connectivity index (χ4n) is 2.89. The molecule has 0 unspecified atom stereocenters. The number of nitrogens with zero attached hydrogens (tertiary/aromatic N) is 2. The summed E-state index contributed by atoms with van der Waals surface area (Å²) in [7, 11) is 2.71. The van der Waals surface area contributed by atoms with E-state index in [9.17, 15) is 14.4 Å². The number of aryl methyl sites for hydroxylation is 1. The number of carbonyl (C=O) groups excluding carboxylic acids is 2. The van der Waals surface area contributed by atoms with Crippen LogP contribution in [0.25, 0.3) is 16.8 Å². The van der Waals surface area contributed by atoms with E-state index in [2.05, 4.69) is 9.84 Å². The highest BCUT2D eigenvalue weighted by Gasteiger charge is 2.15. The maximum absolute atomic E-state index is 12.6. The number of fused-ring (bicyclic) bond motifs is 1. The molecule has 0 saturated heterocycles. The topological polar surface area (TPSA) is 96.7 Å². The molecule has 0 aliphatic rings. The van der Waals surface area contributed by atoms with Crippen LogP contribution in [0.4, 0.5) is 0 Å². The van der Waals surface area contributed by atoms with E-state index in [0.717, 1.165) is 10.1 Å². The van der Waals surface area contributed by atoms with Crippen molar-refractivity contribution < 1.29 is 23.8 Å². The molecule has 0 aliphatic heterocycles. The maximum Gasteiger partial charge on any atom is 0.333 e. The van der Waals surface area contributed by atoms with Gasteiger partial charge in [-0.25, -0.2) is 14.3 Å². The minimum absolute atomic E-state index is 0.184. The average molecular weight is 408 g/mol. The van der Waals surface area contributed by atoms with Crippen LogP contribution in [0.5, 0.6) is 11.5 Å². The van der Waals surface area contributed by atoms with Crippen LogP contribution in [-0.4, -0.2) is 35.9 Å². The minimum atomic E-state index is -0.671. The van der Waals surface area contributed by atoms with Gasteiger partial charge in [-0.1, -0.05) is 24.3 Å². The minimum Gasteiger partial charge on any atom is -0.493 e. The molecule has 0 bridgehead atoms. The molecule has 0 fully saturated rings. The Morgan fingerprint density at radius 2 is 1.80 bits per heavy atom. The number of hydrogen-bond acceptors (Lipinski definition) is 7. The summed E-state index contributed by atoms with van der Waals surface area (Å²) in [6, 6.07) is 11.9. The van der Waals surface area contributed by atoms with E-state index < -0.39 is 11.9 Å². The molecule has 0 spiro atoms. The molecule has 8 heteroatoms. The largest absolute Gasteiger partial charge is 0.493 e. The second-order valence-electron chi connectivity index (χ2n) is 6.33. The van der Waals surface area contributed by atoms with Crippen molar-refractivity contribution in [2.75, 3.05) is 14.2 Å². The molecule has 0 amide bonds. The lowest BCUT2D eigenvalue weighted by molar-refractivity contribution is -0.136. The monoisotopic (exact) mass is 408 g/mol. The summed E-state index contributed by atoms with van der Waals surface area (Å²) < 4.78 is 16.3. The Kier molecular flexibility index (Phi) is 6.26. The highest BCUT2D eigenvalue weighted by Crippen LogP contribution is 2.28. The zero-order chi connectivity index (χ0) is 21.7. The highest BCUT2D eigenvalue weighted by atomic mass is 16.6. The highest BCUT2D eigenvalue weighted by molar-refractivity contribution is 5.87. The Balaban J connectivity index is 1.80. The first-order valence-corrected chi connectivity index (χ1v) is 9.04. The van der Waals surface area contributed by atoms with Gasteiger partial charge >= 0.3 is 11.9 Å². The fraction of sp³-hybridized carbons (Fsp3) is 0.182. The number of methoxy groups -OCH3 is 2. The molecule has 2 aromatic carbocycles. The Hall–Kier alpha value is -3.94. The summed E-state index contributed by atoms with van der Waals surface area (Å²) in [5.41, 5.74) is 0.917. The van der Waals surface area contributed by atoms with Gasteiger partial charge in [0.15, 0.2) is 11.5 Å². The molecular weight excluding hydrogens is 388 g/mol. The molecule has 3 rings (SSSR count). The zero-order valence-corrected chi connectivity index (χ0v) is 16.7. The van der Waals surface area contributed by atoms with Gasteiger partial charge in [0.1, 0.15) is 6.54 Å². The lowest BCUT2D eigenvalue weighted by Crippen LogP contribution is -2.29. The van der Waals surface area contributed by atoms with Gasteiger partial charge < -0.3 is 14.2 Å². The van der Waals surface area contributed by atoms with E-state index in [1.54, 1.807) is 37.3 Å². The van der Waals surface area contributed by atoms with Crippen molar-refractivity contribution >= 4 is 28.8 Å². The van der Waals surface area contributed by atoms with Crippen LogP contribution in [0, 0.1) is 6.92 Å². The molecule has 0 saturated carbocycles. The van der Waals surface area contributed by atoms with Gasteiger partial charge in [-0.05, 0) is 36.8 Å². The number of carbonyl (C=O) groups is 2. The third-order valence-electron chi connectivity index (χ3n) is 4.36. The molecular formula is C22H20N2O6. The van der Waals surface area contributed by atoms with E-state index in [1.807, 2.05) is 12.1 Å². The Morgan fingerprint density at radius 1 is 1.07 bits per heavy atom. The lowest BCUT2D eigenvalue weighted by atomic mass is 10.1. The molecule has 30 heavy (non-hydrogen) atoms. The van der Waals surface area contributed by atoms with Crippen LogP contribution in [0.3, 0.4) is 0 Å². The molecule has 0 atom stereocenters. The van der Waals surface area contributed by atoms with Crippen molar-refractivity contribution in [1.29, 1.82) is 0 Å². The predicted molar refractivity (Wildman–Crippen MR) is 110 cm³/mol. The van der Waals surface area contributed by atoms with Gasteiger partial charge in [0.2, 0.25) is 0 Å². The van der Waals surface area contributed by atoms with Crippen molar-refractivity contribution in [2.45, 2.75) is 13.5 Å². The number of ether oxygens (including phenoxy) is 3. The number of rotatable bonds is 6. The summed E-state index contributed by atoms with van der Waals surface area (Å²) >= 11 is 0. The zero-order valence-electron chi connectivity index (χ0n) is 16.7. The normalized spacial score (nSPS) is 10.9. The first-order valence-electron chi connectivity index (χ1n) is 9.04. The second-order valence-corrected chi connectivity index (χ2v) is 6.33. The molecule has 154 valence electrons. The van der Waals surface area contributed by atoms with Crippen molar-refractivity contribution in [3.63, 3.8) is 0 Å². The van der Waals surface area contributed by atoms with Crippen molar-refractivity contribution in [2.24, 2.45) is 0 Å². The van der Waals surface area contributed by atoms with Crippen LogP contribution in [0.1, 0.15) is 11.3 Å². The van der Waals surface area contributed by atoms with E-state index in [1.165, 1.54) is 26.4 Å². The molecule has 3 aromatic rings. The van der Waals surface area contributed by atoms with Gasteiger partial charge in [-0.2, -0.15) is 5.10 Å². The summed E-state index contributed by atoms with van der Waals surface area (Å²) in [6.07, 6.45) is 2.81.